The van der Waals surface area contributed by atoms with Crippen LogP contribution < -0.4 is 0 Å². The molecule has 5 nitrogen and oxygen atoms in total. The monoisotopic (exact) mass is 354 g/mol. The van der Waals surface area contributed by atoms with Gasteiger partial charge in [-0.15, -0.1) is 0 Å². The predicted octanol–water partition coefficient (Wildman–Crippen LogP) is 2.78. The Hall–Kier alpha value is -2.14. The van der Waals surface area contributed by atoms with Gasteiger partial charge in [-0.1, -0.05) is 29.8 Å². The first kappa shape index (κ1) is 18.6. The summed E-state index contributed by atoms with van der Waals surface area (Å²) in [7, 11) is 4.13. The van der Waals surface area contributed by atoms with Crippen LogP contribution in [0.1, 0.15) is 36.0 Å². The molecule has 2 aromatic rings. The maximum absolute atomic E-state index is 12.6. The van der Waals surface area contributed by atoms with E-state index in [0.717, 1.165) is 38.9 Å². The van der Waals surface area contributed by atoms with E-state index in [1.54, 1.807) is 0 Å². The third kappa shape index (κ3) is 4.94. The minimum atomic E-state index is 0.287. The van der Waals surface area contributed by atoms with E-state index in [2.05, 4.69) is 54.4 Å². The van der Waals surface area contributed by atoms with Crippen molar-refractivity contribution in [1.82, 2.24) is 19.6 Å². The number of aryl methyl sites for hydroxylation is 2. The van der Waals surface area contributed by atoms with Gasteiger partial charge in [0.1, 0.15) is 0 Å². The zero-order valence-electron chi connectivity index (χ0n) is 16.2. The maximum atomic E-state index is 12.6. The van der Waals surface area contributed by atoms with Gasteiger partial charge in [0, 0.05) is 45.3 Å². The van der Waals surface area contributed by atoms with Crippen molar-refractivity contribution in [2.45, 2.75) is 45.2 Å². The normalized spacial score (nSPS) is 18.4. The Kier molecular flexibility index (Phi) is 6.09. The van der Waals surface area contributed by atoms with E-state index < -0.39 is 0 Å². The summed E-state index contributed by atoms with van der Waals surface area (Å²) in [6.07, 6.45) is 7.66. The van der Waals surface area contributed by atoms with Crippen molar-refractivity contribution in [3.05, 3.63) is 53.3 Å². The van der Waals surface area contributed by atoms with Crippen LogP contribution in [-0.2, 0) is 24.8 Å². The van der Waals surface area contributed by atoms with Crippen LogP contribution >= 0.6 is 0 Å². The summed E-state index contributed by atoms with van der Waals surface area (Å²) in [4.78, 5) is 17.0. The van der Waals surface area contributed by atoms with Crippen molar-refractivity contribution < 1.29 is 4.79 Å². The number of carbonyl (C=O) groups is 1. The first-order valence-electron chi connectivity index (χ1n) is 9.52. The van der Waals surface area contributed by atoms with E-state index in [1.165, 1.54) is 16.7 Å². The predicted molar refractivity (Wildman–Crippen MR) is 104 cm³/mol. The lowest BCUT2D eigenvalue weighted by Crippen LogP contribution is -2.34. The molecule has 0 saturated carbocycles. The lowest BCUT2D eigenvalue weighted by atomic mass is 10.1. The Bertz CT molecular complexity index is 739. The third-order valence-electron chi connectivity index (χ3n) is 5.37. The number of rotatable bonds is 6. The summed E-state index contributed by atoms with van der Waals surface area (Å²) >= 11 is 0. The van der Waals surface area contributed by atoms with Gasteiger partial charge < -0.3 is 9.80 Å². The molecule has 0 spiro atoms. The summed E-state index contributed by atoms with van der Waals surface area (Å²) in [5, 5.41) is 4.23. The number of aromatic nitrogens is 2. The number of likely N-dealkylation sites (tertiary alicyclic amines) is 1. The van der Waals surface area contributed by atoms with Crippen LogP contribution in [0.4, 0.5) is 0 Å². The second-order valence-electron chi connectivity index (χ2n) is 7.54. The molecule has 0 N–H and O–H groups in total. The number of benzene rings is 1. The van der Waals surface area contributed by atoms with E-state index in [1.807, 2.05) is 22.8 Å². The van der Waals surface area contributed by atoms with Crippen LogP contribution in [0, 0.1) is 6.92 Å². The maximum Gasteiger partial charge on any atom is 0.222 e. The second kappa shape index (κ2) is 8.49. The van der Waals surface area contributed by atoms with Crippen molar-refractivity contribution in [3.63, 3.8) is 0 Å². The number of amides is 1. The minimum Gasteiger partial charge on any atom is -0.338 e. The smallest absolute Gasteiger partial charge is 0.222 e. The molecule has 1 aliphatic rings. The van der Waals surface area contributed by atoms with E-state index in [4.69, 9.17) is 0 Å². The highest BCUT2D eigenvalue weighted by atomic mass is 16.2. The molecule has 3 rings (SSSR count). The fraction of sp³-hybridized carbons (Fsp3) is 0.524. The Morgan fingerprint density at radius 2 is 2.12 bits per heavy atom. The Morgan fingerprint density at radius 3 is 2.85 bits per heavy atom. The van der Waals surface area contributed by atoms with Gasteiger partial charge in [0.2, 0.25) is 5.91 Å². The van der Waals surface area contributed by atoms with Crippen LogP contribution in [0.2, 0.25) is 0 Å². The van der Waals surface area contributed by atoms with Gasteiger partial charge in [0.05, 0.1) is 6.20 Å². The van der Waals surface area contributed by atoms with Gasteiger partial charge in [0.15, 0.2) is 0 Å². The van der Waals surface area contributed by atoms with Crippen molar-refractivity contribution in [2.75, 3.05) is 20.1 Å². The molecule has 1 unspecified atom stereocenters. The summed E-state index contributed by atoms with van der Waals surface area (Å²) in [6, 6.07) is 8.93. The Balaban J connectivity index is 1.53. The average Bonchev–Trinajstić information content (AvgIpc) is 2.94. The zero-order chi connectivity index (χ0) is 18.5. The highest BCUT2D eigenvalue weighted by molar-refractivity contribution is 5.76. The van der Waals surface area contributed by atoms with E-state index in [9.17, 15) is 4.79 Å². The number of hydrogen-bond donors (Lipinski definition) is 0. The van der Waals surface area contributed by atoms with Gasteiger partial charge in [-0.3, -0.25) is 9.48 Å². The van der Waals surface area contributed by atoms with Gasteiger partial charge in [-0.2, -0.15) is 5.10 Å². The van der Waals surface area contributed by atoms with Crippen LogP contribution in [0.3, 0.4) is 0 Å². The fourth-order valence-electron chi connectivity index (χ4n) is 3.75. The molecule has 1 amide bonds. The van der Waals surface area contributed by atoms with Gasteiger partial charge in [-0.05, 0) is 44.4 Å². The second-order valence-corrected chi connectivity index (χ2v) is 7.54. The standard InChI is InChI=1S/C21H30N4O/c1-17-5-4-6-18(13-17)16-25-12-10-20(7-8-21(25)26)23(2)11-9-19-14-22-24(3)15-19/h4-6,13-15,20H,7-12,16H2,1-3H3. The lowest BCUT2D eigenvalue weighted by Gasteiger charge is -2.27. The van der Waals surface area contributed by atoms with Gasteiger partial charge >= 0.3 is 0 Å². The number of carbonyl (C=O) groups excluding carboxylic acids is 1. The minimum absolute atomic E-state index is 0.287. The molecular weight excluding hydrogens is 324 g/mol. The van der Waals surface area contributed by atoms with Crippen LogP contribution in [0.5, 0.6) is 0 Å². The average molecular weight is 354 g/mol. The Morgan fingerprint density at radius 1 is 1.27 bits per heavy atom. The third-order valence-corrected chi connectivity index (χ3v) is 5.37. The SMILES string of the molecule is Cc1cccc(CN2CCC(N(C)CCc3cnn(C)c3)CCC2=O)c1. The van der Waals surface area contributed by atoms with Crippen molar-refractivity contribution in [3.8, 4) is 0 Å². The summed E-state index contributed by atoms with van der Waals surface area (Å²) < 4.78 is 1.85. The molecule has 1 atom stereocenters. The van der Waals surface area contributed by atoms with Crippen LogP contribution in [0.15, 0.2) is 36.7 Å². The van der Waals surface area contributed by atoms with Crippen molar-refractivity contribution in [1.29, 1.82) is 0 Å². The first-order valence-corrected chi connectivity index (χ1v) is 9.52. The fourth-order valence-corrected chi connectivity index (χ4v) is 3.75. The molecule has 0 bridgehead atoms. The van der Waals surface area contributed by atoms with Crippen molar-refractivity contribution in [2.24, 2.45) is 7.05 Å². The molecule has 1 aliphatic heterocycles. The van der Waals surface area contributed by atoms with Gasteiger partial charge in [-0.25, -0.2) is 0 Å². The molecular formula is C21H30N4O. The van der Waals surface area contributed by atoms with E-state index >= 15 is 0 Å². The molecule has 1 saturated heterocycles. The summed E-state index contributed by atoms with van der Waals surface area (Å²) in [6.45, 7) is 4.67. The molecule has 140 valence electrons. The molecule has 5 heteroatoms. The largest absolute Gasteiger partial charge is 0.338 e. The van der Waals surface area contributed by atoms with Crippen LogP contribution in [-0.4, -0.2) is 51.7 Å². The number of likely N-dealkylation sites (N-methyl/N-ethyl adjacent to an activating group) is 1. The van der Waals surface area contributed by atoms with E-state index in [-0.39, 0.29) is 5.91 Å². The van der Waals surface area contributed by atoms with Crippen molar-refractivity contribution >= 4 is 5.91 Å². The molecule has 1 aromatic carbocycles. The van der Waals surface area contributed by atoms with Crippen LogP contribution in [0.25, 0.3) is 0 Å². The number of nitrogens with zero attached hydrogens (tertiary/aromatic N) is 4. The van der Waals surface area contributed by atoms with Gasteiger partial charge in [0.25, 0.3) is 0 Å². The molecule has 26 heavy (non-hydrogen) atoms. The summed E-state index contributed by atoms with van der Waals surface area (Å²) in [5.41, 5.74) is 3.74. The number of hydrogen-bond acceptors (Lipinski definition) is 3. The molecule has 1 fully saturated rings. The lowest BCUT2D eigenvalue weighted by molar-refractivity contribution is -0.131. The molecule has 0 radical (unpaired) electrons. The summed E-state index contributed by atoms with van der Waals surface area (Å²) in [5.74, 6) is 0.287. The molecule has 2 heterocycles. The molecule has 1 aromatic heterocycles. The Labute approximate surface area is 156 Å². The quantitative estimate of drug-likeness (QED) is 0.801. The highest BCUT2D eigenvalue weighted by Gasteiger charge is 2.24. The van der Waals surface area contributed by atoms with E-state index in [0.29, 0.717) is 12.5 Å². The zero-order valence-corrected chi connectivity index (χ0v) is 16.2. The topological polar surface area (TPSA) is 41.4 Å². The highest BCUT2D eigenvalue weighted by Crippen LogP contribution is 2.19. The first-order chi connectivity index (χ1) is 12.5. The molecule has 0 aliphatic carbocycles.